The fraction of sp³-hybridized carbons (Fsp3) is 0.297. The van der Waals surface area contributed by atoms with E-state index < -0.39 is 28.5 Å². The number of sulfonamides is 1. The number of carbonyl (C=O) groups is 2. The Morgan fingerprint density at radius 3 is 2.14 bits per heavy atom. The van der Waals surface area contributed by atoms with E-state index >= 15 is 0 Å². The predicted octanol–water partition coefficient (Wildman–Crippen LogP) is 7.94. The Morgan fingerprint density at radius 2 is 1.51 bits per heavy atom. The fourth-order valence-corrected chi connectivity index (χ4v) is 7.95. The van der Waals surface area contributed by atoms with E-state index in [1.165, 1.54) is 48.4 Å². The van der Waals surface area contributed by atoms with E-state index in [1.807, 2.05) is 30.3 Å². The van der Waals surface area contributed by atoms with Crippen molar-refractivity contribution in [2.45, 2.75) is 62.0 Å². The van der Waals surface area contributed by atoms with Crippen LogP contribution in [0.15, 0.2) is 102 Å². The summed E-state index contributed by atoms with van der Waals surface area (Å²) in [5.74, 6) is -0.435. The van der Waals surface area contributed by atoms with Crippen LogP contribution < -0.4 is 14.4 Å². The molecule has 5 rings (SSSR count). The average Bonchev–Trinajstić information content (AvgIpc) is 3.10. The third-order valence-electron chi connectivity index (χ3n) is 8.62. The molecule has 1 atom stereocenters. The SMILES string of the molecule is COc1ccc(S(=O)(=O)N(CC(=O)N(Cc2ccc(Cl)cc2Cl)C(Cc2ccccc2)C(=O)NC2CCCCC2)c2ccc(Cl)cc2)cc1. The summed E-state index contributed by atoms with van der Waals surface area (Å²) in [4.78, 5) is 30.3. The van der Waals surface area contributed by atoms with Crippen molar-refractivity contribution in [3.8, 4) is 5.75 Å². The summed E-state index contributed by atoms with van der Waals surface area (Å²) in [6.07, 6.45) is 5.04. The minimum absolute atomic E-state index is 0.0170. The van der Waals surface area contributed by atoms with Gasteiger partial charge in [0.1, 0.15) is 18.3 Å². The van der Waals surface area contributed by atoms with Gasteiger partial charge in [0.25, 0.3) is 10.0 Å². The Morgan fingerprint density at radius 1 is 0.857 bits per heavy atom. The first-order chi connectivity index (χ1) is 23.5. The van der Waals surface area contributed by atoms with Gasteiger partial charge in [0.2, 0.25) is 11.8 Å². The second kappa shape index (κ2) is 16.8. The van der Waals surface area contributed by atoms with Gasteiger partial charge in [-0.05, 0) is 84.6 Å². The van der Waals surface area contributed by atoms with Gasteiger partial charge in [0.05, 0.1) is 17.7 Å². The Balaban J connectivity index is 1.57. The molecule has 1 N–H and O–H groups in total. The predicted molar refractivity (Wildman–Crippen MR) is 195 cm³/mol. The summed E-state index contributed by atoms with van der Waals surface area (Å²) in [5.41, 5.74) is 1.62. The smallest absolute Gasteiger partial charge is 0.264 e. The molecule has 49 heavy (non-hydrogen) atoms. The minimum Gasteiger partial charge on any atom is -0.497 e. The van der Waals surface area contributed by atoms with Gasteiger partial charge in [-0.15, -0.1) is 0 Å². The number of carbonyl (C=O) groups excluding carboxylic acids is 2. The van der Waals surface area contributed by atoms with Crippen LogP contribution in [0, 0.1) is 0 Å². The van der Waals surface area contributed by atoms with Gasteiger partial charge in [-0.2, -0.15) is 0 Å². The number of halogens is 3. The molecule has 1 aliphatic rings. The zero-order valence-electron chi connectivity index (χ0n) is 27.0. The first-order valence-corrected chi connectivity index (χ1v) is 18.6. The molecular formula is C37H38Cl3N3O5S. The van der Waals surface area contributed by atoms with Gasteiger partial charge < -0.3 is 15.0 Å². The molecule has 0 saturated heterocycles. The van der Waals surface area contributed by atoms with Crippen LogP contribution in [0.1, 0.15) is 43.2 Å². The number of ether oxygens (including phenoxy) is 1. The van der Waals surface area contributed by atoms with Crippen molar-refractivity contribution >= 4 is 62.3 Å². The summed E-state index contributed by atoms with van der Waals surface area (Å²) in [5, 5.41) is 4.33. The van der Waals surface area contributed by atoms with E-state index in [0.717, 1.165) is 42.0 Å². The Bertz CT molecular complexity index is 1840. The number of rotatable bonds is 13. The van der Waals surface area contributed by atoms with Crippen molar-refractivity contribution in [1.82, 2.24) is 10.2 Å². The number of methoxy groups -OCH3 is 1. The van der Waals surface area contributed by atoms with Crippen molar-refractivity contribution in [2.75, 3.05) is 18.0 Å². The van der Waals surface area contributed by atoms with Crippen LogP contribution in [-0.4, -0.2) is 50.9 Å². The van der Waals surface area contributed by atoms with Crippen LogP contribution in [0.25, 0.3) is 0 Å². The third kappa shape index (κ3) is 9.48. The van der Waals surface area contributed by atoms with E-state index in [-0.39, 0.29) is 35.5 Å². The van der Waals surface area contributed by atoms with Crippen LogP contribution in [0.5, 0.6) is 5.75 Å². The van der Waals surface area contributed by atoms with Crippen molar-refractivity contribution in [1.29, 1.82) is 0 Å². The molecule has 4 aromatic carbocycles. The molecule has 0 aromatic heterocycles. The first kappa shape index (κ1) is 36.5. The van der Waals surface area contributed by atoms with Crippen molar-refractivity contribution < 1.29 is 22.7 Å². The molecule has 4 aromatic rings. The number of nitrogens with one attached hydrogen (secondary N) is 1. The Kier molecular flexibility index (Phi) is 12.5. The molecule has 1 aliphatic carbocycles. The Labute approximate surface area is 303 Å². The molecule has 0 aliphatic heterocycles. The second-order valence-corrected chi connectivity index (χ2v) is 15.1. The maximum atomic E-state index is 14.7. The van der Waals surface area contributed by atoms with Crippen molar-refractivity contribution in [3.05, 3.63) is 123 Å². The topological polar surface area (TPSA) is 96.0 Å². The molecule has 12 heteroatoms. The zero-order chi connectivity index (χ0) is 35.0. The lowest BCUT2D eigenvalue weighted by Crippen LogP contribution is -2.55. The molecule has 8 nitrogen and oxygen atoms in total. The highest BCUT2D eigenvalue weighted by Crippen LogP contribution is 2.29. The number of hydrogen-bond donors (Lipinski definition) is 1. The van der Waals surface area contributed by atoms with E-state index in [0.29, 0.717) is 26.4 Å². The number of benzene rings is 4. The molecule has 1 fully saturated rings. The molecule has 0 bridgehead atoms. The van der Waals surface area contributed by atoms with Crippen LogP contribution in [0.3, 0.4) is 0 Å². The van der Waals surface area contributed by atoms with Gasteiger partial charge in [-0.25, -0.2) is 8.42 Å². The van der Waals surface area contributed by atoms with Gasteiger partial charge in [0.15, 0.2) is 0 Å². The minimum atomic E-state index is -4.29. The molecular weight excluding hydrogens is 705 g/mol. The summed E-state index contributed by atoms with van der Waals surface area (Å²) in [6, 6.07) is 25.4. The summed E-state index contributed by atoms with van der Waals surface area (Å²) in [7, 11) is -2.81. The number of nitrogens with zero attached hydrogens (tertiary/aromatic N) is 2. The maximum Gasteiger partial charge on any atom is 0.264 e. The summed E-state index contributed by atoms with van der Waals surface area (Å²) < 4.78 is 34.7. The number of hydrogen-bond acceptors (Lipinski definition) is 5. The third-order valence-corrected chi connectivity index (χ3v) is 11.2. The molecule has 0 heterocycles. The highest BCUT2D eigenvalue weighted by atomic mass is 35.5. The molecule has 2 amide bonds. The number of anilines is 1. The van der Waals surface area contributed by atoms with Gasteiger partial charge in [0, 0.05) is 34.1 Å². The van der Waals surface area contributed by atoms with Crippen LogP contribution in [0.2, 0.25) is 15.1 Å². The largest absolute Gasteiger partial charge is 0.497 e. The molecule has 0 radical (unpaired) electrons. The highest BCUT2D eigenvalue weighted by molar-refractivity contribution is 7.92. The van der Waals surface area contributed by atoms with Crippen LogP contribution >= 0.6 is 34.8 Å². The summed E-state index contributed by atoms with van der Waals surface area (Å²) >= 11 is 19.0. The van der Waals surface area contributed by atoms with Gasteiger partial charge >= 0.3 is 0 Å². The Hall–Kier alpha value is -3.76. The highest BCUT2D eigenvalue weighted by Gasteiger charge is 2.35. The van der Waals surface area contributed by atoms with E-state index in [2.05, 4.69) is 5.32 Å². The summed E-state index contributed by atoms with van der Waals surface area (Å²) in [6.45, 7) is -0.676. The lowest BCUT2D eigenvalue weighted by atomic mass is 9.94. The van der Waals surface area contributed by atoms with Gasteiger partial charge in [-0.1, -0.05) is 90.5 Å². The lowest BCUT2D eigenvalue weighted by Gasteiger charge is -2.35. The zero-order valence-corrected chi connectivity index (χ0v) is 30.1. The van der Waals surface area contributed by atoms with Crippen molar-refractivity contribution in [3.63, 3.8) is 0 Å². The standard InChI is InChI=1S/C37H38Cl3N3O5S/c1-48-32-18-20-33(21-19-32)49(46,47)43(31-16-14-28(38)15-17-31)25-36(44)42(24-27-12-13-29(39)23-34(27)40)35(22-26-8-4-2-5-9-26)37(45)41-30-10-6-3-7-11-30/h2,4-5,8-9,12-21,23,30,35H,3,6-7,10-11,22,24-25H2,1H3,(H,41,45). The van der Waals surface area contributed by atoms with E-state index in [9.17, 15) is 18.0 Å². The molecule has 1 saturated carbocycles. The maximum absolute atomic E-state index is 14.7. The van der Waals surface area contributed by atoms with Crippen LogP contribution in [-0.2, 0) is 32.6 Å². The first-order valence-electron chi connectivity index (χ1n) is 16.0. The second-order valence-electron chi connectivity index (χ2n) is 12.0. The average molecular weight is 743 g/mol. The molecule has 0 spiro atoms. The monoisotopic (exact) mass is 741 g/mol. The van der Waals surface area contributed by atoms with E-state index in [1.54, 1.807) is 30.3 Å². The normalized spacial score (nSPS) is 14.1. The molecule has 1 unspecified atom stereocenters. The van der Waals surface area contributed by atoms with Crippen molar-refractivity contribution in [2.24, 2.45) is 0 Å². The van der Waals surface area contributed by atoms with E-state index in [4.69, 9.17) is 39.5 Å². The van der Waals surface area contributed by atoms with Gasteiger partial charge in [-0.3, -0.25) is 13.9 Å². The quantitative estimate of drug-likeness (QED) is 0.150. The number of amides is 2. The fourth-order valence-electron chi connectivity index (χ4n) is 5.94. The lowest BCUT2D eigenvalue weighted by molar-refractivity contribution is -0.140. The molecule has 258 valence electrons. The van der Waals surface area contributed by atoms with Crippen LogP contribution in [0.4, 0.5) is 5.69 Å².